The molecule has 0 spiro atoms. The number of halogens is 1. The number of aromatic nitrogens is 1. The number of aliphatic hydroxyl groups excluding tert-OH is 2. The monoisotopic (exact) mass is 351 g/mol. The summed E-state index contributed by atoms with van der Waals surface area (Å²) in [6, 6.07) is 3.78. The number of nitro benzene ring substituents is 1. The highest BCUT2D eigenvalue weighted by atomic mass is 19.1. The third-order valence-electron chi connectivity index (χ3n) is 4.00. The van der Waals surface area contributed by atoms with Gasteiger partial charge in [-0.1, -0.05) is 19.0 Å². The Hall–Kier alpha value is -2.68. The van der Waals surface area contributed by atoms with Crippen LogP contribution < -0.4 is 0 Å². The van der Waals surface area contributed by atoms with Crippen LogP contribution in [0.15, 0.2) is 23.3 Å². The molecule has 1 aromatic heterocycles. The lowest BCUT2D eigenvalue weighted by molar-refractivity contribution is -0.387. The van der Waals surface area contributed by atoms with E-state index in [1.54, 1.807) is 24.5 Å². The smallest absolute Gasteiger partial charge is 0.305 e. The molecule has 0 radical (unpaired) electrons. The number of nitrogens with zero attached hydrogens (tertiary/aromatic N) is 5. The number of benzene rings is 1. The summed E-state index contributed by atoms with van der Waals surface area (Å²) in [4.78, 5) is 12.7. The van der Waals surface area contributed by atoms with Crippen LogP contribution in [0.2, 0.25) is 0 Å². The average Bonchev–Trinajstić information content (AvgIpc) is 2.90. The van der Waals surface area contributed by atoms with Crippen LogP contribution in [0, 0.1) is 15.9 Å². The molecular weight excluding hydrogens is 333 g/mol. The number of rotatable bonds is 7. The fourth-order valence-corrected chi connectivity index (χ4v) is 2.65. The largest absolute Gasteiger partial charge is 0.395 e. The van der Waals surface area contributed by atoms with Crippen molar-refractivity contribution in [2.45, 2.75) is 31.9 Å². The van der Waals surface area contributed by atoms with Gasteiger partial charge >= 0.3 is 5.69 Å². The number of hydrogen-bond acceptors (Lipinski definition) is 5. The standard InChI is InChI=1S/C15H18FN5O4/c1-15(2,8-22)14-4-9-3-13(21(24)25)11(16)5-12(9)20(14)7-10(23)6-18-19-17/h3-5,10,22-23H,6-8H2,1-2H3/t10-/m1/s1. The minimum absolute atomic E-state index is 0.0153. The summed E-state index contributed by atoms with van der Waals surface area (Å²) in [7, 11) is 0. The van der Waals surface area contributed by atoms with Crippen molar-refractivity contribution in [2.24, 2.45) is 5.11 Å². The van der Waals surface area contributed by atoms with Gasteiger partial charge in [0.15, 0.2) is 0 Å². The van der Waals surface area contributed by atoms with Gasteiger partial charge in [-0.2, -0.15) is 4.39 Å². The Morgan fingerprint density at radius 3 is 2.72 bits per heavy atom. The summed E-state index contributed by atoms with van der Waals surface area (Å²) >= 11 is 0. The van der Waals surface area contributed by atoms with Crippen molar-refractivity contribution in [2.75, 3.05) is 13.2 Å². The third-order valence-corrected chi connectivity index (χ3v) is 4.00. The molecule has 10 heteroatoms. The van der Waals surface area contributed by atoms with Gasteiger partial charge in [0.1, 0.15) is 0 Å². The number of fused-ring (bicyclic) bond motifs is 1. The summed E-state index contributed by atoms with van der Waals surface area (Å²) in [5, 5.41) is 34.3. The number of nitro groups is 1. The fraction of sp³-hybridized carbons (Fsp3) is 0.467. The average molecular weight is 351 g/mol. The predicted molar refractivity (Wildman–Crippen MR) is 88.7 cm³/mol. The van der Waals surface area contributed by atoms with Crippen molar-refractivity contribution < 1.29 is 19.5 Å². The Morgan fingerprint density at radius 2 is 2.16 bits per heavy atom. The maximum Gasteiger partial charge on any atom is 0.305 e. The van der Waals surface area contributed by atoms with Gasteiger partial charge in [-0.05, 0) is 11.6 Å². The zero-order valence-electron chi connectivity index (χ0n) is 13.8. The molecule has 0 fully saturated rings. The van der Waals surface area contributed by atoms with Crippen molar-refractivity contribution in [3.8, 4) is 0 Å². The molecule has 0 aliphatic carbocycles. The normalized spacial score (nSPS) is 12.8. The maximum atomic E-state index is 14.0. The van der Waals surface area contributed by atoms with Gasteiger partial charge in [0, 0.05) is 40.1 Å². The SMILES string of the molecule is CC(C)(CO)c1cc2cc([N+](=O)[O-])c(F)cc2n1C[C@H](O)CN=[N+]=[N-]. The van der Waals surface area contributed by atoms with E-state index in [0.717, 1.165) is 12.1 Å². The Balaban J connectivity index is 2.65. The van der Waals surface area contributed by atoms with Crippen LogP contribution >= 0.6 is 0 Å². The minimum Gasteiger partial charge on any atom is -0.395 e. The molecule has 2 aromatic rings. The van der Waals surface area contributed by atoms with E-state index in [-0.39, 0.29) is 19.7 Å². The van der Waals surface area contributed by atoms with Crippen molar-refractivity contribution in [3.05, 3.63) is 50.3 Å². The van der Waals surface area contributed by atoms with Crippen LogP contribution in [0.25, 0.3) is 21.3 Å². The van der Waals surface area contributed by atoms with Gasteiger partial charge in [0.25, 0.3) is 0 Å². The first-order valence-corrected chi connectivity index (χ1v) is 7.48. The molecule has 1 aromatic carbocycles. The topological polar surface area (TPSA) is 137 Å². The van der Waals surface area contributed by atoms with E-state index in [0.29, 0.717) is 16.6 Å². The lowest BCUT2D eigenvalue weighted by Crippen LogP contribution is -2.29. The van der Waals surface area contributed by atoms with Gasteiger partial charge in [0.2, 0.25) is 5.82 Å². The van der Waals surface area contributed by atoms with Gasteiger partial charge in [-0.25, -0.2) is 0 Å². The molecule has 9 nitrogen and oxygen atoms in total. The Labute approximate surface area is 142 Å². The molecule has 0 aliphatic heterocycles. The Morgan fingerprint density at radius 1 is 1.48 bits per heavy atom. The van der Waals surface area contributed by atoms with E-state index >= 15 is 0 Å². The van der Waals surface area contributed by atoms with E-state index in [2.05, 4.69) is 10.0 Å². The fourth-order valence-electron chi connectivity index (χ4n) is 2.65. The molecular formula is C15H18FN5O4. The highest BCUT2D eigenvalue weighted by Gasteiger charge is 2.28. The molecule has 2 rings (SSSR count). The van der Waals surface area contributed by atoms with Crippen molar-refractivity contribution in [3.63, 3.8) is 0 Å². The van der Waals surface area contributed by atoms with Crippen LogP contribution in [-0.4, -0.2) is 39.0 Å². The molecule has 0 saturated heterocycles. The summed E-state index contributed by atoms with van der Waals surface area (Å²) < 4.78 is 15.6. The first-order chi connectivity index (χ1) is 11.7. The molecule has 0 bridgehead atoms. The highest BCUT2D eigenvalue weighted by molar-refractivity contribution is 5.84. The van der Waals surface area contributed by atoms with Crippen LogP contribution in [0.1, 0.15) is 19.5 Å². The minimum atomic E-state index is -1.03. The van der Waals surface area contributed by atoms with Crippen LogP contribution in [-0.2, 0) is 12.0 Å². The molecule has 0 unspecified atom stereocenters. The zero-order chi connectivity index (χ0) is 18.8. The first kappa shape index (κ1) is 18.7. The van der Waals surface area contributed by atoms with E-state index in [9.17, 15) is 24.7 Å². The third kappa shape index (κ3) is 3.71. The van der Waals surface area contributed by atoms with E-state index < -0.39 is 27.9 Å². The van der Waals surface area contributed by atoms with Crippen molar-refractivity contribution in [1.82, 2.24) is 4.57 Å². The predicted octanol–water partition coefficient (Wildman–Crippen LogP) is 2.63. The molecule has 134 valence electrons. The van der Waals surface area contributed by atoms with E-state index in [4.69, 9.17) is 5.53 Å². The van der Waals surface area contributed by atoms with Gasteiger partial charge in [-0.15, -0.1) is 0 Å². The van der Waals surface area contributed by atoms with E-state index in [1.807, 2.05) is 0 Å². The molecule has 0 saturated carbocycles. The quantitative estimate of drug-likeness (QED) is 0.260. The lowest BCUT2D eigenvalue weighted by Gasteiger charge is -2.25. The van der Waals surface area contributed by atoms with Crippen molar-refractivity contribution in [1.29, 1.82) is 0 Å². The number of hydrogen-bond donors (Lipinski definition) is 2. The second-order valence-electron chi connectivity index (χ2n) is 6.37. The van der Waals surface area contributed by atoms with Crippen LogP contribution in [0.3, 0.4) is 0 Å². The van der Waals surface area contributed by atoms with E-state index in [1.165, 1.54) is 0 Å². The molecule has 2 N–H and O–H groups in total. The Kier molecular flexibility index (Phi) is 5.27. The summed E-state index contributed by atoms with van der Waals surface area (Å²) in [6.07, 6.45) is -1.03. The Bertz CT molecular complexity index is 857. The zero-order valence-corrected chi connectivity index (χ0v) is 13.8. The van der Waals surface area contributed by atoms with Crippen molar-refractivity contribution >= 4 is 16.6 Å². The second kappa shape index (κ2) is 7.06. The van der Waals surface area contributed by atoms with Crippen LogP contribution in [0.5, 0.6) is 0 Å². The van der Waals surface area contributed by atoms with Gasteiger partial charge < -0.3 is 14.8 Å². The molecule has 1 atom stereocenters. The number of aliphatic hydroxyl groups is 2. The first-order valence-electron chi connectivity index (χ1n) is 7.48. The summed E-state index contributed by atoms with van der Waals surface area (Å²) in [6.45, 7) is 3.09. The maximum absolute atomic E-state index is 14.0. The summed E-state index contributed by atoms with van der Waals surface area (Å²) in [5.41, 5.74) is 7.89. The van der Waals surface area contributed by atoms with Gasteiger partial charge in [0.05, 0.1) is 29.7 Å². The lowest BCUT2D eigenvalue weighted by atomic mass is 9.90. The molecule has 0 aliphatic rings. The van der Waals surface area contributed by atoms with Crippen LogP contribution in [0.4, 0.5) is 10.1 Å². The highest BCUT2D eigenvalue weighted by Crippen LogP contribution is 2.33. The van der Waals surface area contributed by atoms with Gasteiger partial charge in [-0.3, -0.25) is 10.1 Å². The second-order valence-corrected chi connectivity index (χ2v) is 6.37. The molecule has 25 heavy (non-hydrogen) atoms. The summed E-state index contributed by atoms with van der Waals surface area (Å²) in [5.74, 6) is -0.991. The number of azide groups is 1. The molecule has 0 amide bonds. The molecule has 1 heterocycles.